The normalized spacial score (nSPS) is 25.2. The molecule has 0 spiro atoms. The van der Waals surface area contributed by atoms with E-state index in [-0.39, 0.29) is 24.3 Å². The molecule has 0 saturated carbocycles. The fourth-order valence-corrected chi connectivity index (χ4v) is 1.18. The van der Waals surface area contributed by atoms with Gasteiger partial charge in [-0.15, -0.1) is 0 Å². The van der Waals surface area contributed by atoms with Crippen molar-refractivity contribution in [2.45, 2.75) is 19.9 Å². The van der Waals surface area contributed by atoms with Crippen LogP contribution in [0.2, 0.25) is 0 Å². The van der Waals surface area contributed by atoms with Crippen molar-refractivity contribution < 1.29 is 14.3 Å². The molecule has 0 N–H and O–H groups in total. The highest BCUT2D eigenvalue weighted by molar-refractivity contribution is 5.79. The van der Waals surface area contributed by atoms with E-state index >= 15 is 0 Å². The number of rotatable bonds is 2. The van der Waals surface area contributed by atoms with Crippen molar-refractivity contribution in [3.8, 4) is 0 Å². The van der Waals surface area contributed by atoms with Gasteiger partial charge in [-0.2, -0.15) is 0 Å². The number of carbonyl (C=O) groups excluding carboxylic acids is 2. The molecule has 68 valence electrons. The summed E-state index contributed by atoms with van der Waals surface area (Å²) in [6.07, 6.45) is 0. The van der Waals surface area contributed by atoms with Crippen LogP contribution >= 0.6 is 0 Å². The molecule has 1 rings (SSSR count). The molecular weight excluding hydrogens is 158 g/mol. The Morgan fingerprint density at radius 2 is 2.42 bits per heavy atom. The first-order chi connectivity index (χ1) is 5.59. The van der Waals surface area contributed by atoms with E-state index in [2.05, 4.69) is 0 Å². The third kappa shape index (κ3) is 2.30. The Labute approximate surface area is 71.5 Å². The molecule has 0 aromatic carbocycles. The molecule has 1 saturated heterocycles. The number of hydrogen-bond donors (Lipinski definition) is 0. The minimum absolute atomic E-state index is 0.0801. The Morgan fingerprint density at radius 3 is 3.00 bits per heavy atom. The molecular formula is C8H13NO3. The van der Waals surface area contributed by atoms with Crippen LogP contribution in [-0.4, -0.2) is 42.4 Å². The van der Waals surface area contributed by atoms with Crippen molar-refractivity contribution in [3.05, 3.63) is 0 Å². The molecule has 1 heterocycles. The van der Waals surface area contributed by atoms with E-state index in [1.54, 1.807) is 0 Å². The number of morpholine rings is 1. The van der Waals surface area contributed by atoms with Gasteiger partial charge in [0, 0.05) is 6.04 Å². The average molecular weight is 171 g/mol. The smallest absolute Gasteiger partial charge is 0.320 e. The molecule has 12 heavy (non-hydrogen) atoms. The van der Waals surface area contributed by atoms with Gasteiger partial charge in [0.1, 0.15) is 12.4 Å². The number of ketones is 1. The topological polar surface area (TPSA) is 46.6 Å². The second-order valence-electron chi connectivity index (χ2n) is 3.14. The van der Waals surface area contributed by atoms with Crippen LogP contribution in [0.15, 0.2) is 0 Å². The number of hydrogen-bond acceptors (Lipinski definition) is 4. The largest absolute Gasteiger partial charge is 0.463 e. The minimum Gasteiger partial charge on any atom is -0.463 e. The minimum atomic E-state index is -0.241. The fraction of sp³-hybridized carbons (Fsp3) is 0.750. The lowest BCUT2D eigenvalue weighted by molar-refractivity contribution is -0.154. The lowest BCUT2D eigenvalue weighted by Crippen LogP contribution is -2.47. The molecule has 1 unspecified atom stereocenters. The van der Waals surface area contributed by atoms with Crippen molar-refractivity contribution in [1.29, 1.82) is 0 Å². The molecule has 1 fully saturated rings. The summed E-state index contributed by atoms with van der Waals surface area (Å²) in [7, 11) is 0. The molecule has 1 aliphatic heterocycles. The zero-order chi connectivity index (χ0) is 9.14. The number of nitrogens with zero attached hydrogens (tertiary/aromatic N) is 1. The van der Waals surface area contributed by atoms with Gasteiger partial charge in [-0.1, -0.05) is 0 Å². The van der Waals surface area contributed by atoms with Crippen LogP contribution in [-0.2, 0) is 14.3 Å². The first kappa shape index (κ1) is 9.19. The molecule has 1 aliphatic rings. The third-order valence-electron chi connectivity index (χ3n) is 1.87. The van der Waals surface area contributed by atoms with Crippen molar-refractivity contribution in [2.75, 3.05) is 19.7 Å². The number of Topliss-reactive ketones (excluding diaryl/α,β-unsaturated/α-hetero) is 1. The predicted octanol–water partition coefficient (Wildman–Crippen LogP) is -0.177. The van der Waals surface area contributed by atoms with Gasteiger partial charge in [-0.3, -0.25) is 14.5 Å². The number of ether oxygens (including phenoxy) is 1. The Balaban J connectivity index is 2.49. The predicted molar refractivity (Wildman–Crippen MR) is 42.7 cm³/mol. The fourth-order valence-electron chi connectivity index (χ4n) is 1.18. The van der Waals surface area contributed by atoms with Gasteiger partial charge in [0.2, 0.25) is 0 Å². The maximum atomic E-state index is 10.8. The molecule has 0 aromatic heterocycles. The summed E-state index contributed by atoms with van der Waals surface area (Å²) in [5, 5.41) is 0. The Hall–Kier alpha value is -0.900. The summed E-state index contributed by atoms with van der Waals surface area (Å²) < 4.78 is 4.81. The van der Waals surface area contributed by atoms with Crippen molar-refractivity contribution in [2.24, 2.45) is 0 Å². The molecule has 0 radical (unpaired) electrons. The molecule has 0 bridgehead atoms. The van der Waals surface area contributed by atoms with Gasteiger partial charge in [0.15, 0.2) is 0 Å². The van der Waals surface area contributed by atoms with E-state index in [9.17, 15) is 9.59 Å². The summed E-state index contributed by atoms with van der Waals surface area (Å²) in [5.41, 5.74) is 0. The van der Waals surface area contributed by atoms with Crippen LogP contribution in [0.4, 0.5) is 0 Å². The van der Waals surface area contributed by atoms with E-state index < -0.39 is 0 Å². The van der Waals surface area contributed by atoms with E-state index in [0.29, 0.717) is 13.2 Å². The Morgan fingerprint density at radius 1 is 1.75 bits per heavy atom. The van der Waals surface area contributed by atoms with Crippen molar-refractivity contribution >= 4 is 11.8 Å². The standard InChI is InChI=1S/C8H13NO3/c1-6-5-12-8(11)4-9(6)3-7(2)10/h6H,3-5H2,1-2H3. The third-order valence-corrected chi connectivity index (χ3v) is 1.87. The van der Waals surface area contributed by atoms with Gasteiger partial charge in [-0.25, -0.2) is 0 Å². The van der Waals surface area contributed by atoms with Crippen LogP contribution in [0, 0.1) is 0 Å². The maximum Gasteiger partial charge on any atom is 0.320 e. The summed E-state index contributed by atoms with van der Waals surface area (Å²) in [6, 6.07) is 0.159. The maximum absolute atomic E-state index is 10.8. The quantitative estimate of drug-likeness (QED) is 0.541. The molecule has 1 atom stereocenters. The lowest BCUT2D eigenvalue weighted by Gasteiger charge is -2.31. The van der Waals surface area contributed by atoms with Crippen LogP contribution < -0.4 is 0 Å². The second kappa shape index (κ2) is 3.67. The van der Waals surface area contributed by atoms with Crippen LogP contribution in [0.1, 0.15) is 13.8 Å². The Kier molecular flexibility index (Phi) is 2.81. The highest BCUT2D eigenvalue weighted by Gasteiger charge is 2.24. The molecule has 0 amide bonds. The van der Waals surface area contributed by atoms with Crippen LogP contribution in [0.3, 0.4) is 0 Å². The van der Waals surface area contributed by atoms with Gasteiger partial charge in [-0.05, 0) is 13.8 Å². The number of cyclic esters (lactones) is 1. The van der Waals surface area contributed by atoms with Crippen molar-refractivity contribution in [3.63, 3.8) is 0 Å². The van der Waals surface area contributed by atoms with Gasteiger partial charge in [0.05, 0.1) is 13.1 Å². The van der Waals surface area contributed by atoms with E-state index in [4.69, 9.17) is 4.74 Å². The Bertz CT molecular complexity index is 200. The highest BCUT2D eigenvalue weighted by atomic mass is 16.5. The second-order valence-corrected chi connectivity index (χ2v) is 3.14. The van der Waals surface area contributed by atoms with Crippen molar-refractivity contribution in [1.82, 2.24) is 4.90 Å². The van der Waals surface area contributed by atoms with E-state index in [1.807, 2.05) is 11.8 Å². The molecule has 4 nitrogen and oxygen atoms in total. The lowest BCUT2D eigenvalue weighted by atomic mass is 10.2. The first-order valence-corrected chi connectivity index (χ1v) is 3.98. The highest BCUT2D eigenvalue weighted by Crippen LogP contribution is 2.06. The summed E-state index contributed by atoms with van der Waals surface area (Å²) >= 11 is 0. The molecule has 0 aromatic rings. The number of esters is 1. The summed E-state index contributed by atoms with van der Waals surface area (Å²) in [6.45, 7) is 4.44. The van der Waals surface area contributed by atoms with E-state index in [1.165, 1.54) is 6.92 Å². The monoisotopic (exact) mass is 171 g/mol. The van der Waals surface area contributed by atoms with Crippen LogP contribution in [0.5, 0.6) is 0 Å². The molecule has 4 heteroatoms. The SMILES string of the molecule is CC(=O)CN1CC(=O)OCC1C. The zero-order valence-corrected chi connectivity index (χ0v) is 7.37. The zero-order valence-electron chi connectivity index (χ0n) is 7.37. The van der Waals surface area contributed by atoms with Gasteiger partial charge < -0.3 is 4.74 Å². The van der Waals surface area contributed by atoms with E-state index in [0.717, 1.165) is 0 Å². The van der Waals surface area contributed by atoms with Crippen LogP contribution in [0.25, 0.3) is 0 Å². The van der Waals surface area contributed by atoms with Gasteiger partial charge in [0.25, 0.3) is 0 Å². The molecule has 0 aliphatic carbocycles. The average Bonchev–Trinajstić information content (AvgIpc) is 1.96. The first-order valence-electron chi connectivity index (χ1n) is 3.98. The number of carbonyl (C=O) groups is 2. The van der Waals surface area contributed by atoms with Gasteiger partial charge >= 0.3 is 5.97 Å². The summed E-state index contributed by atoms with van der Waals surface area (Å²) in [4.78, 5) is 23.4. The summed E-state index contributed by atoms with van der Waals surface area (Å²) in [5.74, 6) is -0.161.